The number of anilines is 1. The third kappa shape index (κ3) is 4.86. The Morgan fingerprint density at radius 2 is 1.53 bits per heavy atom. The maximum Gasteiger partial charge on any atom is 0.314 e. The van der Waals surface area contributed by atoms with Crippen molar-refractivity contribution in [2.45, 2.75) is 43.9 Å². The molecule has 0 fully saturated rings. The van der Waals surface area contributed by atoms with E-state index in [0.29, 0.717) is 0 Å². The Labute approximate surface area is 202 Å². The SMILES string of the molecule is Nc1nc(C(=O)n2cc3ccccc3c2)c2cc(C(CCC(F)F)(CCC(F)F)C(=O)O)ccc2n1. The third-order valence-electron chi connectivity index (χ3n) is 6.24. The lowest BCUT2D eigenvalue weighted by Gasteiger charge is -2.30. The molecule has 0 spiro atoms. The van der Waals surface area contributed by atoms with Crippen molar-refractivity contribution < 1.29 is 32.3 Å². The van der Waals surface area contributed by atoms with Gasteiger partial charge in [-0.1, -0.05) is 30.3 Å². The van der Waals surface area contributed by atoms with Gasteiger partial charge in [-0.15, -0.1) is 0 Å². The number of aromatic nitrogens is 3. The Kier molecular flexibility index (Phi) is 6.91. The van der Waals surface area contributed by atoms with Gasteiger partial charge < -0.3 is 10.8 Å². The van der Waals surface area contributed by atoms with Gasteiger partial charge in [0.05, 0.1) is 10.9 Å². The van der Waals surface area contributed by atoms with E-state index in [0.717, 1.165) is 10.8 Å². The van der Waals surface area contributed by atoms with Gasteiger partial charge in [0.15, 0.2) is 0 Å². The van der Waals surface area contributed by atoms with Crippen LogP contribution in [0.15, 0.2) is 54.9 Å². The minimum Gasteiger partial charge on any atom is -0.481 e. The van der Waals surface area contributed by atoms with Crippen LogP contribution in [-0.4, -0.2) is 44.4 Å². The number of hydrogen-bond acceptors (Lipinski definition) is 5. The zero-order chi connectivity index (χ0) is 26.0. The molecule has 0 radical (unpaired) electrons. The van der Waals surface area contributed by atoms with Gasteiger partial charge in [0.1, 0.15) is 5.69 Å². The van der Waals surface area contributed by atoms with Crippen molar-refractivity contribution in [2.75, 3.05) is 5.73 Å². The summed E-state index contributed by atoms with van der Waals surface area (Å²) >= 11 is 0. The second kappa shape index (κ2) is 9.92. The molecule has 36 heavy (non-hydrogen) atoms. The molecular formula is C25H22F4N4O3. The van der Waals surface area contributed by atoms with Crippen LogP contribution < -0.4 is 5.73 Å². The van der Waals surface area contributed by atoms with E-state index in [1.165, 1.54) is 22.8 Å². The van der Waals surface area contributed by atoms with Gasteiger partial charge in [0.2, 0.25) is 18.8 Å². The Balaban J connectivity index is 1.87. The van der Waals surface area contributed by atoms with Crippen LogP contribution in [0.3, 0.4) is 0 Å². The second-order valence-electron chi connectivity index (χ2n) is 8.51. The van der Waals surface area contributed by atoms with Gasteiger partial charge in [-0.25, -0.2) is 27.5 Å². The van der Waals surface area contributed by atoms with Crippen molar-refractivity contribution in [3.63, 3.8) is 0 Å². The van der Waals surface area contributed by atoms with Gasteiger partial charge >= 0.3 is 5.97 Å². The number of benzene rings is 2. The summed E-state index contributed by atoms with van der Waals surface area (Å²) in [6, 6.07) is 11.3. The Hall–Kier alpha value is -4.02. The minimum absolute atomic E-state index is 0.00360. The smallest absolute Gasteiger partial charge is 0.314 e. The summed E-state index contributed by atoms with van der Waals surface area (Å²) in [5, 5.41) is 11.8. The number of aliphatic carboxylic acids is 1. The lowest BCUT2D eigenvalue weighted by Crippen LogP contribution is -2.37. The summed E-state index contributed by atoms with van der Waals surface area (Å²) in [5.41, 5.74) is 3.86. The number of carbonyl (C=O) groups is 2. The fourth-order valence-electron chi connectivity index (χ4n) is 4.39. The molecule has 188 valence electrons. The van der Waals surface area contributed by atoms with E-state index >= 15 is 0 Å². The maximum absolute atomic E-state index is 13.4. The van der Waals surface area contributed by atoms with Crippen LogP contribution >= 0.6 is 0 Å². The van der Waals surface area contributed by atoms with Gasteiger partial charge in [-0.05, 0) is 41.3 Å². The fraction of sp³-hybridized carbons (Fsp3) is 0.280. The lowest BCUT2D eigenvalue weighted by atomic mass is 9.73. The molecule has 2 aromatic heterocycles. The number of rotatable bonds is 9. The van der Waals surface area contributed by atoms with E-state index in [2.05, 4.69) is 9.97 Å². The minimum atomic E-state index is -2.82. The first-order valence-electron chi connectivity index (χ1n) is 11.1. The summed E-state index contributed by atoms with van der Waals surface area (Å²) in [6.45, 7) is 0. The van der Waals surface area contributed by atoms with Gasteiger partial charge in [-0.2, -0.15) is 0 Å². The van der Waals surface area contributed by atoms with Crippen molar-refractivity contribution in [3.8, 4) is 0 Å². The van der Waals surface area contributed by atoms with Crippen LogP contribution in [0.5, 0.6) is 0 Å². The van der Waals surface area contributed by atoms with Crippen molar-refractivity contribution in [1.82, 2.24) is 14.5 Å². The molecule has 4 rings (SSSR count). The first kappa shape index (κ1) is 25.1. The van der Waals surface area contributed by atoms with Crippen molar-refractivity contribution in [3.05, 3.63) is 66.1 Å². The van der Waals surface area contributed by atoms with E-state index < -0.39 is 55.8 Å². The Morgan fingerprint density at radius 3 is 2.06 bits per heavy atom. The first-order valence-corrected chi connectivity index (χ1v) is 11.1. The number of nitrogen functional groups attached to an aromatic ring is 1. The Morgan fingerprint density at radius 1 is 0.944 bits per heavy atom. The first-order chi connectivity index (χ1) is 17.1. The van der Waals surface area contributed by atoms with Gasteiger partial charge in [0, 0.05) is 30.6 Å². The molecule has 2 heterocycles. The molecule has 0 unspecified atom stereocenters. The number of nitrogens with two attached hydrogens (primary N) is 1. The fourth-order valence-corrected chi connectivity index (χ4v) is 4.39. The molecule has 0 aliphatic heterocycles. The predicted molar refractivity (Wildman–Crippen MR) is 125 cm³/mol. The molecule has 0 aliphatic carbocycles. The third-order valence-corrected chi connectivity index (χ3v) is 6.24. The summed E-state index contributed by atoms with van der Waals surface area (Å²) in [7, 11) is 0. The van der Waals surface area contributed by atoms with Crippen LogP contribution in [0.2, 0.25) is 0 Å². The van der Waals surface area contributed by atoms with E-state index in [9.17, 15) is 32.3 Å². The molecular weight excluding hydrogens is 480 g/mol. The monoisotopic (exact) mass is 502 g/mol. The molecule has 0 saturated carbocycles. The molecule has 0 bridgehead atoms. The highest BCUT2D eigenvalue weighted by molar-refractivity contribution is 6.07. The van der Waals surface area contributed by atoms with Crippen LogP contribution in [0.4, 0.5) is 23.5 Å². The van der Waals surface area contributed by atoms with Crippen LogP contribution in [0.1, 0.15) is 41.7 Å². The molecule has 0 saturated heterocycles. The number of alkyl halides is 4. The number of nitrogens with zero attached hydrogens (tertiary/aromatic N) is 3. The number of carboxylic acids is 1. The quantitative estimate of drug-likeness (QED) is 0.302. The molecule has 7 nitrogen and oxygen atoms in total. The van der Waals surface area contributed by atoms with E-state index in [1.54, 1.807) is 12.4 Å². The molecule has 4 aromatic rings. The number of halogens is 4. The van der Waals surface area contributed by atoms with Gasteiger partial charge in [0.25, 0.3) is 5.91 Å². The van der Waals surface area contributed by atoms with Crippen molar-refractivity contribution in [2.24, 2.45) is 0 Å². The predicted octanol–water partition coefficient (Wildman–Crippen LogP) is 5.27. The van der Waals surface area contributed by atoms with E-state index in [-0.39, 0.29) is 28.1 Å². The van der Waals surface area contributed by atoms with E-state index in [1.807, 2.05) is 24.3 Å². The zero-order valence-electron chi connectivity index (χ0n) is 18.9. The summed E-state index contributed by atoms with van der Waals surface area (Å²) in [4.78, 5) is 33.9. The molecule has 3 N–H and O–H groups in total. The maximum atomic E-state index is 13.4. The molecule has 11 heteroatoms. The normalized spacial score (nSPS) is 12.2. The highest BCUT2D eigenvalue weighted by Crippen LogP contribution is 2.38. The summed E-state index contributed by atoms with van der Waals surface area (Å²) in [5.74, 6) is -2.29. The molecule has 0 aliphatic rings. The number of hydrogen-bond donors (Lipinski definition) is 2. The van der Waals surface area contributed by atoms with Crippen LogP contribution in [-0.2, 0) is 10.2 Å². The summed E-state index contributed by atoms with van der Waals surface area (Å²) < 4.78 is 53.6. The average Bonchev–Trinajstić information content (AvgIpc) is 3.27. The average molecular weight is 502 g/mol. The van der Waals surface area contributed by atoms with Crippen LogP contribution in [0, 0.1) is 0 Å². The van der Waals surface area contributed by atoms with Crippen LogP contribution in [0.25, 0.3) is 21.7 Å². The molecule has 0 atom stereocenters. The highest BCUT2D eigenvalue weighted by Gasteiger charge is 2.41. The molecule has 2 aromatic carbocycles. The van der Waals surface area contributed by atoms with Crippen molar-refractivity contribution >= 4 is 39.5 Å². The van der Waals surface area contributed by atoms with Crippen molar-refractivity contribution in [1.29, 1.82) is 0 Å². The van der Waals surface area contributed by atoms with Gasteiger partial charge in [-0.3, -0.25) is 14.2 Å². The largest absolute Gasteiger partial charge is 0.481 e. The molecule has 0 amide bonds. The Bertz CT molecular complexity index is 1390. The summed E-state index contributed by atoms with van der Waals surface area (Å²) in [6.07, 6.45) is -5.18. The number of fused-ring (bicyclic) bond motifs is 2. The van der Waals surface area contributed by atoms with E-state index in [4.69, 9.17) is 5.73 Å². The standard InChI is InChI=1S/C25H22F4N4O3/c26-19(27)7-9-25(23(35)36,10-8-20(28)29)16-5-6-18-17(11-16)21(32-24(30)31-18)22(34)33-12-14-3-1-2-4-15(14)13-33/h1-6,11-13,19-20H,7-10H2,(H,35,36)(H2,30,31,32). The second-order valence-corrected chi connectivity index (χ2v) is 8.51. The number of carbonyl (C=O) groups excluding carboxylic acids is 1. The number of carboxylic acid groups (broad SMARTS) is 1. The lowest BCUT2D eigenvalue weighted by molar-refractivity contribution is -0.145. The highest BCUT2D eigenvalue weighted by atomic mass is 19.3. The topological polar surface area (TPSA) is 111 Å². The zero-order valence-corrected chi connectivity index (χ0v) is 18.9.